The number of aliphatic carboxylic acids is 1. The molecule has 0 unspecified atom stereocenters. The predicted octanol–water partition coefficient (Wildman–Crippen LogP) is 0.193. The molecule has 1 aromatic carbocycles. The van der Waals surface area contributed by atoms with E-state index in [4.69, 9.17) is 5.73 Å². The molecule has 0 bridgehead atoms. The van der Waals surface area contributed by atoms with Crippen molar-refractivity contribution in [3.05, 3.63) is 72.5 Å². The minimum absolute atomic E-state index is 0.0353. The standard InChI is InChI=1S/C42H58N12O8/c1-5-23(3)35(43)39(58)50-30(14-25-17-46-29-11-8-7-10-28(25)29)37(56)47-20-34(55)53-36(24(4)6-2)40(59)51-31(15-26-18-44-21-48-26)38(57)52-32(16-27-19-45-22-49-27)41(60)54-13-9-12-33(54)42(61)62/h7-8,10-11,17-19,21-24,30-33,35-36,46H,5-6,9,12-16,20,43H2,1-4H3,(H,44,48)(H,45,49)(H,47,56)(H,50,58)(H,51,59)(H,52,57)(H,53,55)(H,61,62)/t23-,24-,30-,31-,32-,33-,35-,36-/m0/s1. The zero-order valence-corrected chi connectivity index (χ0v) is 35.4. The van der Waals surface area contributed by atoms with Crippen LogP contribution in [0.3, 0.4) is 0 Å². The summed E-state index contributed by atoms with van der Waals surface area (Å²) in [5, 5.41) is 24.2. The summed E-state index contributed by atoms with van der Waals surface area (Å²) in [6.07, 6.45) is 9.36. The number of para-hydroxylation sites is 1. The fourth-order valence-corrected chi connectivity index (χ4v) is 7.39. The topological polar surface area (TPSA) is 302 Å². The number of hydrogen-bond donors (Lipinski definition) is 10. The van der Waals surface area contributed by atoms with E-state index in [2.05, 4.69) is 51.5 Å². The van der Waals surface area contributed by atoms with E-state index < -0.39 is 90.1 Å². The molecule has 0 radical (unpaired) electrons. The van der Waals surface area contributed by atoms with E-state index in [-0.39, 0.29) is 38.1 Å². The molecule has 4 heterocycles. The van der Waals surface area contributed by atoms with Crippen LogP contribution in [-0.4, -0.2) is 126 Å². The highest BCUT2D eigenvalue weighted by Crippen LogP contribution is 2.21. The van der Waals surface area contributed by atoms with E-state index in [1.807, 2.05) is 45.0 Å². The van der Waals surface area contributed by atoms with Gasteiger partial charge in [-0.3, -0.25) is 28.8 Å². The molecule has 1 saturated heterocycles. The fraction of sp³-hybridized carbons (Fsp3) is 0.500. The van der Waals surface area contributed by atoms with Gasteiger partial charge in [0.1, 0.15) is 30.2 Å². The molecular formula is C42H58N12O8. The summed E-state index contributed by atoms with van der Waals surface area (Å²) in [5.74, 6) is -5.65. The second-order valence-electron chi connectivity index (χ2n) is 15.9. The number of aromatic nitrogens is 5. The number of rotatable bonds is 22. The Labute approximate surface area is 358 Å². The lowest BCUT2D eigenvalue weighted by molar-refractivity contribution is -0.149. The lowest BCUT2D eigenvalue weighted by atomic mass is 9.97. The van der Waals surface area contributed by atoms with Crippen LogP contribution in [0.25, 0.3) is 10.9 Å². The first-order chi connectivity index (χ1) is 29.7. The summed E-state index contributed by atoms with van der Waals surface area (Å²) < 4.78 is 0. The van der Waals surface area contributed by atoms with Gasteiger partial charge in [-0.2, -0.15) is 0 Å². The van der Waals surface area contributed by atoms with E-state index in [1.54, 1.807) is 13.1 Å². The molecule has 0 spiro atoms. The molecule has 5 rings (SSSR count). The number of hydrogen-bond acceptors (Lipinski definition) is 10. The quantitative estimate of drug-likeness (QED) is 0.0509. The first-order valence-electron chi connectivity index (χ1n) is 21.0. The van der Waals surface area contributed by atoms with Crippen molar-refractivity contribution in [3.8, 4) is 0 Å². The Balaban J connectivity index is 1.29. The number of benzene rings is 1. The third kappa shape index (κ3) is 12.0. The Morgan fingerprint density at radius 2 is 1.40 bits per heavy atom. The molecule has 1 aliphatic rings. The number of nitrogens with zero attached hydrogens (tertiary/aromatic N) is 3. The number of H-pyrrole nitrogens is 3. The minimum atomic E-state index is -1.28. The van der Waals surface area contributed by atoms with Gasteiger partial charge in [-0.05, 0) is 36.3 Å². The first kappa shape index (κ1) is 46.5. The monoisotopic (exact) mass is 858 g/mol. The number of imidazole rings is 2. The van der Waals surface area contributed by atoms with Crippen LogP contribution in [0.5, 0.6) is 0 Å². The zero-order chi connectivity index (χ0) is 44.9. The number of carbonyl (C=O) groups is 7. The van der Waals surface area contributed by atoms with Crippen molar-refractivity contribution in [3.63, 3.8) is 0 Å². The zero-order valence-electron chi connectivity index (χ0n) is 35.4. The maximum Gasteiger partial charge on any atom is 0.326 e. The van der Waals surface area contributed by atoms with Crippen LogP contribution >= 0.6 is 0 Å². The molecular weight excluding hydrogens is 801 g/mol. The van der Waals surface area contributed by atoms with Crippen molar-refractivity contribution in [1.82, 2.24) is 56.4 Å². The van der Waals surface area contributed by atoms with Gasteiger partial charge >= 0.3 is 5.97 Å². The number of carboxylic acid groups (broad SMARTS) is 1. The Bertz CT molecular complexity index is 2160. The first-order valence-corrected chi connectivity index (χ1v) is 21.0. The molecule has 1 fully saturated rings. The number of carbonyl (C=O) groups excluding carboxylic acids is 6. The van der Waals surface area contributed by atoms with E-state index in [0.29, 0.717) is 30.7 Å². The van der Waals surface area contributed by atoms with E-state index in [0.717, 1.165) is 16.5 Å². The van der Waals surface area contributed by atoms with Gasteiger partial charge < -0.3 is 57.3 Å². The van der Waals surface area contributed by atoms with Crippen molar-refractivity contribution < 1.29 is 38.7 Å². The molecule has 20 nitrogen and oxygen atoms in total. The van der Waals surface area contributed by atoms with Gasteiger partial charge in [-0.1, -0.05) is 58.7 Å². The highest BCUT2D eigenvalue weighted by Gasteiger charge is 2.39. The normalized spacial score (nSPS) is 17.2. The number of amides is 6. The average molecular weight is 859 g/mol. The summed E-state index contributed by atoms with van der Waals surface area (Å²) in [6, 6.07) is 0.837. The summed E-state index contributed by atoms with van der Waals surface area (Å²) in [5.41, 5.74) is 8.81. The van der Waals surface area contributed by atoms with E-state index in [9.17, 15) is 38.7 Å². The highest BCUT2D eigenvalue weighted by atomic mass is 16.4. The number of aromatic amines is 3. The summed E-state index contributed by atoms with van der Waals surface area (Å²) in [7, 11) is 0. The molecule has 8 atom stereocenters. The molecule has 6 amide bonds. The fourth-order valence-electron chi connectivity index (χ4n) is 7.39. The second kappa shape index (κ2) is 21.8. The van der Waals surface area contributed by atoms with Crippen LogP contribution in [0.2, 0.25) is 0 Å². The SMILES string of the molecule is CC[C@H](C)[C@H](N)C(=O)N[C@@H](Cc1c[nH]c2ccccc12)C(=O)NCC(=O)N[C@H](C(=O)N[C@@H](Cc1cnc[nH]1)C(=O)N[C@@H](Cc1cnc[nH]1)C(=O)N1CCC[C@H]1C(=O)O)[C@@H](C)CC. The Morgan fingerprint density at radius 1 is 0.790 bits per heavy atom. The van der Waals surface area contributed by atoms with Crippen molar-refractivity contribution in [2.45, 2.75) is 109 Å². The summed E-state index contributed by atoms with van der Waals surface area (Å²) >= 11 is 0. The third-order valence-corrected chi connectivity index (χ3v) is 11.6. The van der Waals surface area contributed by atoms with Crippen LogP contribution in [0.4, 0.5) is 0 Å². The maximum atomic E-state index is 14.1. The Kier molecular flexibility index (Phi) is 16.3. The number of likely N-dealkylation sites (tertiary alicyclic amines) is 1. The largest absolute Gasteiger partial charge is 0.480 e. The lowest BCUT2D eigenvalue weighted by Crippen LogP contribution is -2.60. The van der Waals surface area contributed by atoms with Gasteiger partial charge in [0.2, 0.25) is 35.4 Å². The molecule has 3 aromatic heterocycles. The minimum Gasteiger partial charge on any atom is -0.480 e. The van der Waals surface area contributed by atoms with Crippen LogP contribution in [-0.2, 0) is 52.8 Å². The van der Waals surface area contributed by atoms with Gasteiger partial charge in [-0.15, -0.1) is 0 Å². The maximum absolute atomic E-state index is 14.1. The number of nitrogens with two attached hydrogens (primary N) is 1. The van der Waals surface area contributed by atoms with Crippen molar-refractivity contribution in [2.24, 2.45) is 17.6 Å². The number of carboxylic acids is 1. The highest BCUT2D eigenvalue weighted by molar-refractivity contribution is 5.97. The Morgan fingerprint density at radius 3 is 2.03 bits per heavy atom. The lowest BCUT2D eigenvalue weighted by Gasteiger charge is -2.29. The molecule has 0 saturated carbocycles. The van der Waals surface area contributed by atoms with Crippen LogP contribution in [0.1, 0.15) is 70.3 Å². The molecule has 4 aromatic rings. The molecule has 62 heavy (non-hydrogen) atoms. The van der Waals surface area contributed by atoms with Gasteiger partial charge in [0.05, 0.1) is 25.2 Å². The van der Waals surface area contributed by atoms with E-state index >= 15 is 0 Å². The van der Waals surface area contributed by atoms with Gasteiger partial charge in [0.25, 0.3) is 0 Å². The molecule has 20 heteroatoms. The van der Waals surface area contributed by atoms with Crippen LogP contribution < -0.4 is 32.3 Å². The molecule has 1 aliphatic heterocycles. The number of nitrogens with one attached hydrogen (secondary N) is 8. The molecule has 11 N–H and O–H groups in total. The smallest absolute Gasteiger partial charge is 0.326 e. The summed E-state index contributed by atoms with van der Waals surface area (Å²) in [6.45, 7) is 6.97. The average Bonchev–Trinajstić information content (AvgIpc) is 4.12. The number of fused-ring (bicyclic) bond motifs is 1. The van der Waals surface area contributed by atoms with Gasteiger partial charge in [0, 0.05) is 66.7 Å². The third-order valence-electron chi connectivity index (χ3n) is 11.6. The predicted molar refractivity (Wildman–Crippen MR) is 227 cm³/mol. The van der Waals surface area contributed by atoms with Crippen molar-refractivity contribution in [2.75, 3.05) is 13.1 Å². The van der Waals surface area contributed by atoms with Gasteiger partial charge in [0.15, 0.2) is 0 Å². The van der Waals surface area contributed by atoms with Gasteiger partial charge in [-0.25, -0.2) is 14.8 Å². The molecule has 0 aliphatic carbocycles. The van der Waals surface area contributed by atoms with Crippen LogP contribution in [0, 0.1) is 11.8 Å². The van der Waals surface area contributed by atoms with Crippen molar-refractivity contribution >= 4 is 52.3 Å². The van der Waals surface area contributed by atoms with E-state index in [1.165, 1.54) is 29.9 Å². The van der Waals surface area contributed by atoms with Crippen molar-refractivity contribution in [1.29, 1.82) is 0 Å². The summed E-state index contributed by atoms with van der Waals surface area (Å²) in [4.78, 5) is 113. The second-order valence-corrected chi connectivity index (χ2v) is 15.9. The Hall–Kier alpha value is -6.57. The molecule has 334 valence electrons. The van der Waals surface area contributed by atoms with Crippen LogP contribution in [0.15, 0.2) is 55.5 Å².